The molecular formula is C66H105N19O23. The Labute approximate surface area is 621 Å². The van der Waals surface area contributed by atoms with Crippen molar-refractivity contribution in [3.05, 3.63) is 35.9 Å². The van der Waals surface area contributed by atoms with Crippen LogP contribution in [0.2, 0.25) is 0 Å². The summed E-state index contributed by atoms with van der Waals surface area (Å²) in [4.78, 5) is 245. The van der Waals surface area contributed by atoms with Gasteiger partial charge in [-0.25, -0.2) is 4.79 Å². The fourth-order valence-electron chi connectivity index (χ4n) is 10.2. The average molecular weight is 1530 g/mol. The van der Waals surface area contributed by atoms with E-state index < -0.39 is 249 Å². The fourth-order valence-corrected chi connectivity index (χ4v) is 10.2. The number of primary amides is 1. The van der Waals surface area contributed by atoms with Crippen LogP contribution in [0.4, 0.5) is 0 Å². The van der Waals surface area contributed by atoms with Crippen LogP contribution >= 0.6 is 0 Å². The third-order valence-corrected chi connectivity index (χ3v) is 16.4. The van der Waals surface area contributed by atoms with Crippen LogP contribution in [0.1, 0.15) is 150 Å². The third kappa shape index (κ3) is 38.3. The van der Waals surface area contributed by atoms with Crippen molar-refractivity contribution in [3.63, 3.8) is 0 Å². The highest BCUT2D eigenvalue weighted by molar-refractivity contribution is 6.01. The van der Waals surface area contributed by atoms with Crippen molar-refractivity contribution >= 4 is 119 Å². The molecule has 13 atom stereocenters. The summed E-state index contributed by atoms with van der Waals surface area (Å²) in [5, 5.41) is 76.1. The van der Waals surface area contributed by atoms with Crippen LogP contribution in [0.25, 0.3) is 0 Å². The van der Waals surface area contributed by atoms with Gasteiger partial charge in [-0.1, -0.05) is 84.7 Å². The number of amides is 13. The first kappa shape index (κ1) is 94.2. The van der Waals surface area contributed by atoms with Gasteiger partial charge in [-0.15, -0.1) is 0 Å². The van der Waals surface area contributed by atoms with Gasteiger partial charge in [0.15, 0.2) is 11.9 Å². The molecule has 0 aliphatic rings. The highest BCUT2D eigenvalue weighted by atomic mass is 16.4. The maximum absolute atomic E-state index is 14.6. The molecule has 13 amide bonds. The standard InChI is InChI=1S/C66H105N19O23/c1-8-33(5)52(62(105)74-31-47(88)76-43(29-50(93)94)61(104)81-41(21-24-49(91)92)58(101)83-44(64(107)108)28-36-15-11-10-12-16-36)85-59(102)38(18-14-26-73-66(70)71)78-55(98)37(17-13-25-72-65(68)69)79-60(103)42(27-32(3)4)82-57(100)40(20-23-48(89)90)80-56(99)39(19-22-45(67)86)77-54(97)35(7)75-63(106)53(34(6)9-2)84-46(87)30-51(95)96/h10-12,15-16,32-35,37-44,52-53H,8-9,13-14,17-31H2,1-7H3,(H2,67,86)(H,74,105)(H,75,106)(H,76,88)(H,77,97)(H,78,98)(H,79,103)(H,80,99)(H,81,104)(H,82,100)(H,83,101)(H,84,87)(H,85,102)(H,89,90)(H,91,92)(H,93,94)(H,95,96)(H,107,108)(H4,68,69,72)(H4,70,71,73)/t33-,34-,35-,37-,38-,39-,40-,41-,42-,43-,44-,52-,53-/m0/s1. The van der Waals surface area contributed by atoms with Crippen LogP contribution in [0, 0.1) is 17.8 Å². The van der Waals surface area contributed by atoms with Gasteiger partial charge in [-0.05, 0) is 81.6 Å². The van der Waals surface area contributed by atoms with Crippen LogP contribution in [-0.2, 0) is 92.7 Å². The number of guanidine groups is 2. The molecule has 0 bridgehead atoms. The number of nitrogens with one attached hydrogen (secondary N) is 12. The van der Waals surface area contributed by atoms with Gasteiger partial charge in [-0.3, -0.25) is 91.5 Å². The van der Waals surface area contributed by atoms with E-state index in [0.29, 0.717) is 12.0 Å². The second-order valence-corrected chi connectivity index (χ2v) is 25.9. The molecule has 0 aliphatic carbocycles. The minimum atomic E-state index is -2.00. The smallest absolute Gasteiger partial charge is 0.326 e. The molecule has 27 N–H and O–H groups in total. The Bertz CT molecular complexity index is 3370. The van der Waals surface area contributed by atoms with E-state index in [9.17, 15) is 107 Å². The van der Waals surface area contributed by atoms with E-state index in [4.69, 9.17) is 33.8 Å². The van der Waals surface area contributed by atoms with Crippen molar-refractivity contribution in [2.24, 2.45) is 56.4 Å². The summed E-state index contributed by atoms with van der Waals surface area (Å²) in [7, 11) is 0. The number of carboxylic acids is 5. The Morgan fingerprint density at radius 1 is 0.398 bits per heavy atom. The predicted octanol–water partition coefficient (Wildman–Crippen LogP) is -6.03. The van der Waals surface area contributed by atoms with Crippen molar-refractivity contribution in [1.82, 2.24) is 63.8 Å². The molecule has 0 aliphatic heterocycles. The van der Waals surface area contributed by atoms with Gasteiger partial charge in [0.05, 0.1) is 13.0 Å². The summed E-state index contributed by atoms with van der Waals surface area (Å²) in [5.41, 5.74) is 28.0. The zero-order valence-corrected chi connectivity index (χ0v) is 61.3. The van der Waals surface area contributed by atoms with Gasteiger partial charge < -0.3 is 118 Å². The van der Waals surface area contributed by atoms with Crippen LogP contribution in [0.5, 0.6) is 0 Å². The van der Waals surface area contributed by atoms with Gasteiger partial charge in [0.25, 0.3) is 0 Å². The summed E-state index contributed by atoms with van der Waals surface area (Å²) < 4.78 is 0. The number of aliphatic imine (C=N–C) groups is 2. The van der Waals surface area contributed by atoms with E-state index >= 15 is 0 Å². The normalized spacial score (nSPS) is 14.5. The minimum Gasteiger partial charge on any atom is -0.481 e. The third-order valence-electron chi connectivity index (χ3n) is 16.4. The summed E-state index contributed by atoms with van der Waals surface area (Å²) in [5.74, 6) is -24.0. The molecule has 108 heavy (non-hydrogen) atoms. The number of aliphatic carboxylic acids is 5. The molecule has 0 aromatic heterocycles. The molecule has 0 unspecified atom stereocenters. The molecule has 0 heterocycles. The summed E-state index contributed by atoms with van der Waals surface area (Å²) >= 11 is 0. The van der Waals surface area contributed by atoms with Gasteiger partial charge in [0, 0.05) is 38.8 Å². The molecule has 602 valence electrons. The fraction of sp³-hybridized carbons (Fsp3) is 0.606. The van der Waals surface area contributed by atoms with E-state index in [1.54, 1.807) is 65.0 Å². The lowest BCUT2D eigenvalue weighted by Gasteiger charge is -2.29. The van der Waals surface area contributed by atoms with Crippen molar-refractivity contribution in [2.75, 3.05) is 19.6 Å². The van der Waals surface area contributed by atoms with Gasteiger partial charge >= 0.3 is 29.8 Å². The molecule has 42 heteroatoms. The highest BCUT2D eigenvalue weighted by Gasteiger charge is 2.38. The number of carbonyl (C=O) groups is 18. The maximum atomic E-state index is 14.6. The van der Waals surface area contributed by atoms with E-state index in [1.807, 2.05) is 0 Å². The summed E-state index contributed by atoms with van der Waals surface area (Å²) in [6.45, 7) is 9.66. The van der Waals surface area contributed by atoms with E-state index in [1.165, 1.54) is 13.8 Å². The zero-order chi connectivity index (χ0) is 82.1. The Balaban J connectivity index is 3.68. The Hall–Kier alpha value is -11.8. The van der Waals surface area contributed by atoms with Gasteiger partial charge in [0.2, 0.25) is 76.8 Å². The molecule has 0 spiro atoms. The predicted molar refractivity (Wildman–Crippen MR) is 383 cm³/mol. The molecule has 1 aromatic carbocycles. The Morgan fingerprint density at radius 3 is 1.20 bits per heavy atom. The maximum Gasteiger partial charge on any atom is 0.326 e. The zero-order valence-electron chi connectivity index (χ0n) is 61.3. The molecule has 0 saturated carbocycles. The van der Waals surface area contributed by atoms with Crippen LogP contribution < -0.4 is 92.5 Å². The first-order chi connectivity index (χ1) is 50.6. The lowest BCUT2D eigenvalue weighted by atomic mass is 9.97. The average Bonchev–Trinajstić information content (AvgIpc) is 0.854. The number of nitrogens with zero attached hydrogens (tertiary/aromatic N) is 2. The molecular weight excluding hydrogens is 1430 g/mol. The molecule has 42 nitrogen and oxygen atoms in total. The SMILES string of the molecule is CC[C@H](C)[C@H](NC(=O)CC(=O)O)C(=O)N[C@@H](C)C(=O)N[C@@H](CCC(N)=O)C(=O)N[C@@H](CCC(=O)O)C(=O)N[C@@H](CC(C)C)C(=O)N[C@@H](CCCN=C(N)N)C(=O)N[C@@H](CCCN=C(N)N)C(=O)N[C@H](C(=O)NCC(=O)N[C@@H](CC(=O)O)C(=O)N[C@@H](CCC(=O)O)C(=O)N[C@@H](Cc1ccccc1)C(=O)O)[C@@H](C)CC. The second kappa shape index (κ2) is 49.1. The summed E-state index contributed by atoms with van der Waals surface area (Å²) in [6.07, 6.45) is -6.49. The van der Waals surface area contributed by atoms with E-state index in [-0.39, 0.29) is 70.0 Å². The number of nitrogens with two attached hydrogens (primary N) is 5. The van der Waals surface area contributed by atoms with Crippen LogP contribution in [0.3, 0.4) is 0 Å². The van der Waals surface area contributed by atoms with Crippen LogP contribution in [-0.4, -0.2) is 230 Å². The monoisotopic (exact) mass is 1530 g/mol. The Morgan fingerprint density at radius 2 is 0.796 bits per heavy atom. The molecule has 1 rings (SSSR count). The number of hydrogen-bond donors (Lipinski definition) is 22. The first-order valence-corrected chi connectivity index (χ1v) is 34.7. The van der Waals surface area contributed by atoms with Crippen LogP contribution in [0.15, 0.2) is 40.3 Å². The number of hydrogen-bond acceptors (Lipinski definition) is 20. The number of carboxylic acid groups (broad SMARTS) is 5. The van der Waals surface area contributed by atoms with E-state index in [2.05, 4.69) is 73.8 Å². The van der Waals surface area contributed by atoms with Crippen molar-refractivity contribution < 1.29 is 112 Å². The first-order valence-electron chi connectivity index (χ1n) is 34.7. The highest BCUT2D eigenvalue weighted by Crippen LogP contribution is 2.15. The molecule has 1 aromatic rings. The lowest BCUT2D eigenvalue weighted by Crippen LogP contribution is -2.61. The Kier molecular flexibility index (Phi) is 42.8. The number of carbonyl (C=O) groups excluding carboxylic acids is 13. The van der Waals surface area contributed by atoms with E-state index in [0.717, 1.165) is 0 Å². The number of benzene rings is 1. The van der Waals surface area contributed by atoms with Crippen molar-refractivity contribution in [2.45, 2.75) is 218 Å². The largest absolute Gasteiger partial charge is 0.481 e. The quantitative estimate of drug-likeness (QED) is 0.0125. The summed E-state index contributed by atoms with van der Waals surface area (Å²) in [6, 6.07) is -9.97. The molecule has 0 radical (unpaired) electrons. The van der Waals surface area contributed by atoms with Gasteiger partial charge in [0.1, 0.15) is 72.9 Å². The molecule has 0 saturated heterocycles. The minimum absolute atomic E-state index is 0.0251. The number of rotatable bonds is 53. The lowest BCUT2D eigenvalue weighted by molar-refractivity contribution is -0.143. The van der Waals surface area contributed by atoms with Crippen molar-refractivity contribution in [3.8, 4) is 0 Å². The molecule has 0 fully saturated rings. The van der Waals surface area contributed by atoms with Gasteiger partial charge in [-0.2, -0.15) is 0 Å². The van der Waals surface area contributed by atoms with Crippen molar-refractivity contribution in [1.29, 1.82) is 0 Å². The second-order valence-electron chi connectivity index (χ2n) is 25.9. The topological polar surface area (TPSA) is 708 Å².